The van der Waals surface area contributed by atoms with Gasteiger partial charge in [0.2, 0.25) is 0 Å². The Labute approximate surface area is 200 Å². The van der Waals surface area contributed by atoms with Crippen molar-refractivity contribution in [3.05, 3.63) is 71.6 Å². The summed E-state index contributed by atoms with van der Waals surface area (Å²) in [5.74, 6) is 0.277. The molecule has 178 valence electrons. The van der Waals surface area contributed by atoms with Gasteiger partial charge in [0.25, 0.3) is 5.95 Å². The van der Waals surface area contributed by atoms with Crippen LogP contribution in [-0.4, -0.2) is 53.7 Å². The molecule has 5 rings (SSSR count). The van der Waals surface area contributed by atoms with Crippen LogP contribution in [0, 0.1) is 5.82 Å². The predicted molar refractivity (Wildman–Crippen MR) is 128 cm³/mol. The molecule has 0 bridgehead atoms. The summed E-state index contributed by atoms with van der Waals surface area (Å²) in [4.78, 5) is 30.0. The molecule has 0 fully saturated rings. The third-order valence-corrected chi connectivity index (χ3v) is 5.59. The third-order valence-electron chi connectivity index (χ3n) is 5.59. The van der Waals surface area contributed by atoms with Crippen LogP contribution in [0.25, 0.3) is 16.9 Å². The van der Waals surface area contributed by atoms with Crippen LogP contribution in [0.1, 0.15) is 30.7 Å². The van der Waals surface area contributed by atoms with Gasteiger partial charge in [-0.25, -0.2) is 24.1 Å². The van der Waals surface area contributed by atoms with Crippen molar-refractivity contribution in [1.82, 2.24) is 30.0 Å². The van der Waals surface area contributed by atoms with E-state index in [9.17, 15) is 14.3 Å². The number of fused-ring (bicyclic) bond motifs is 2. The largest absolute Gasteiger partial charge is 0.384 e. The first-order valence-corrected chi connectivity index (χ1v) is 11.1. The number of anilines is 1. The fraction of sp³-hybridized carbons (Fsp3) is 0.250. The number of benzene rings is 1. The first-order chi connectivity index (χ1) is 16.8. The fourth-order valence-corrected chi connectivity index (χ4v) is 3.88. The van der Waals surface area contributed by atoms with Crippen molar-refractivity contribution in [1.29, 1.82) is 0 Å². The van der Waals surface area contributed by atoms with Crippen LogP contribution < -0.4 is 10.6 Å². The highest BCUT2D eigenvalue weighted by Gasteiger charge is 2.24. The highest BCUT2D eigenvalue weighted by Crippen LogP contribution is 2.21. The van der Waals surface area contributed by atoms with Gasteiger partial charge in [-0.2, -0.15) is 14.8 Å². The lowest BCUT2D eigenvalue weighted by molar-refractivity contribution is 0.154. The number of urea groups is 1. The van der Waals surface area contributed by atoms with Gasteiger partial charge < -0.3 is 10.4 Å². The lowest BCUT2D eigenvalue weighted by Gasteiger charge is -2.20. The number of amides is 2. The van der Waals surface area contributed by atoms with Crippen LogP contribution in [-0.2, 0) is 13.0 Å². The van der Waals surface area contributed by atoms with Crippen molar-refractivity contribution in [3.63, 3.8) is 0 Å². The summed E-state index contributed by atoms with van der Waals surface area (Å²) in [5.41, 5.74) is 1.85. The van der Waals surface area contributed by atoms with E-state index < -0.39 is 17.4 Å². The molecule has 0 spiro atoms. The second-order valence-corrected chi connectivity index (χ2v) is 8.71. The number of hydrogen-bond donors (Lipinski definition) is 3. The number of rotatable bonds is 4. The topological polar surface area (TPSA) is 130 Å². The second-order valence-electron chi connectivity index (χ2n) is 8.71. The van der Waals surface area contributed by atoms with E-state index in [1.165, 1.54) is 38.1 Å². The van der Waals surface area contributed by atoms with Crippen LogP contribution >= 0.6 is 0 Å². The van der Waals surface area contributed by atoms with E-state index in [0.29, 0.717) is 23.6 Å². The smallest absolute Gasteiger partial charge is 0.346 e. The second kappa shape index (κ2) is 8.93. The molecule has 4 aromatic rings. The number of nitrogens with one attached hydrogen (secondary N) is 2. The number of aliphatic hydroxyl groups is 1. The average Bonchev–Trinajstić information content (AvgIpc) is 3.25. The zero-order valence-corrected chi connectivity index (χ0v) is 19.2. The van der Waals surface area contributed by atoms with Crippen molar-refractivity contribution < 1.29 is 14.3 Å². The van der Waals surface area contributed by atoms with E-state index in [1.54, 1.807) is 23.1 Å². The van der Waals surface area contributed by atoms with Crippen LogP contribution in [0.3, 0.4) is 0 Å². The number of pyridine rings is 1. The standard InChI is InChI=1S/C24H23FN8O2/c1-24(2,35)21(14-3-5-17(25)6-4-14)32-23(34)31-20-9-16-11-29-33(19(16)13-27-20)22-28-10-15-7-8-26-12-18(15)30-22/h3-6,9-11,13,26,35H,7-8,12H2,1-2H3,(H,27,31,34). The third kappa shape index (κ3) is 4.77. The number of halogens is 1. The zero-order chi connectivity index (χ0) is 24.6. The summed E-state index contributed by atoms with van der Waals surface area (Å²) in [6, 6.07) is 6.33. The SMILES string of the molecule is CC(C)(O)C(=NC(=O)Nc1cc2cnn(-c3ncc4c(n3)CNCC4)c2cn1)c1ccc(F)cc1. The maximum Gasteiger partial charge on any atom is 0.346 e. The minimum absolute atomic E-state index is 0.0999. The van der Waals surface area contributed by atoms with Crippen LogP contribution in [0.2, 0.25) is 0 Å². The number of carbonyl (C=O) groups excluding carboxylic acids is 1. The molecular formula is C24H23FN8O2. The Morgan fingerprint density at radius 1 is 1.20 bits per heavy atom. The molecule has 4 heterocycles. The highest BCUT2D eigenvalue weighted by molar-refractivity contribution is 6.12. The van der Waals surface area contributed by atoms with E-state index in [1.807, 2.05) is 6.20 Å². The number of carbonyl (C=O) groups is 1. The van der Waals surface area contributed by atoms with Crippen molar-refractivity contribution in [2.75, 3.05) is 11.9 Å². The molecular weight excluding hydrogens is 451 g/mol. The highest BCUT2D eigenvalue weighted by atomic mass is 19.1. The molecule has 3 aromatic heterocycles. The van der Waals surface area contributed by atoms with Gasteiger partial charge in [-0.15, -0.1) is 0 Å². The summed E-state index contributed by atoms with van der Waals surface area (Å²) >= 11 is 0. The summed E-state index contributed by atoms with van der Waals surface area (Å²) in [5, 5.41) is 21.5. The molecule has 0 aliphatic carbocycles. The van der Waals surface area contributed by atoms with Crippen molar-refractivity contribution in [3.8, 4) is 5.95 Å². The Kier molecular flexibility index (Phi) is 5.79. The van der Waals surface area contributed by atoms with E-state index in [-0.39, 0.29) is 11.5 Å². The van der Waals surface area contributed by atoms with E-state index in [4.69, 9.17) is 0 Å². The number of nitrogens with zero attached hydrogens (tertiary/aromatic N) is 6. The van der Waals surface area contributed by atoms with Crippen LogP contribution in [0.4, 0.5) is 15.0 Å². The fourth-order valence-electron chi connectivity index (χ4n) is 3.88. The number of aromatic nitrogens is 5. The molecule has 0 saturated heterocycles. The van der Waals surface area contributed by atoms with E-state index in [0.717, 1.165) is 29.6 Å². The van der Waals surface area contributed by atoms with Gasteiger partial charge >= 0.3 is 6.03 Å². The van der Waals surface area contributed by atoms with Gasteiger partial charge in [0.1, 0.15) is 17.2 Å². The monoisotopic (exact) mass is 474 g/mol. The number of aliphatic imine (C=N–C) groups is 1. The van der Waals surface area contributed by atoms with Crippen LogP contribution in [0.15, 0.2) is 53.9 Å². The normalized spacial score (nSPS) is 14.1. The molecule has 0 saturated carbocycles. The van der Waals surface area contributed by atoms with E-state index in [2.05, 4.69) is 35.7 Å². The average molecular weight is 475 g/mol. The van der Waals surface area contributed by atoms with Crippen LogP contribution in [0.5, 0.6) is 0 Å². The molecule has 10 nitrogen and oxygen atoms in total. The molecule has 1 aliphatic heterocycles. The summed E-state index contributed by atoms with van der Waals surface area (Å²) in [6.45, 7) is 4.59. The Balaban J connectivity index is 1.40. The van der Waals surface area contributed by atoms with Gasteiger partial charge in [-0.1, -0.05) is 12.1 Å². The van der Waals surface area contributed by atoms with Gasteiger partial charge in [0, 0.05) is 18.1 Å². The lowest BCUT2D eigenvalue weighted by Crippen LogP contribution is -2.33. The Hall–Kier alpha value is -4.09. The first kappa shape index (κ1) is 22.7. The molecule has 0 unspecified atom stereocenters. The minimum atomic E-state index is -1.43. The predicted octanol–water partition coefficient (Wildman–Crippen LogP) is 2.79. The molecule has 11 heteroatoms. The van der Waals surface area contributed by atoms with Crippen molar-refractivity contribution in [2.45, 2.75) is 32.4 Å². The zero-order valence-electron chi connectivity index (χ0n) is 19.2. The van der Waals surface area contributed by atoms with Crippen molar-refractivity contribution >= 4 is 28.5 Å². The molecule has 3 N–H and O–H groups in total. The summed E-state index contributed by atoms with van der Waals surface area (Å²) < 4.78 is 14.9. The molecule has 0 atom stereocenters. The Morgan fingerprint density at radius 2 is 2.00 bits per heavy atom. The van der Waals surface area contributed by atoms with Gasteiger partial charge in [-0.05, 0) is 56.1 Å². The summed E-state index contributed by atoms with van der Waals surface area (Å²) in [7, 11) is 0. The van der Waals surface area contributed by atoms with Gasteiger partial charge in [0.15, 0.2) is 0 Å². The Morgan fingerprint density at radius 3 is 2.77 bits per heavy atom. The maximum absolute atomic E-state index is 13.3. The molecule has 1 aromatic carbocycles. The molecule has 35 heavy (non-hydrogen) atoms. The maximum atomic E-state index is 13.3. The summed E-state index contributed by atoms with van der Waals surface area (Å²) in [6.07, 6.45) is 5.92. The minimum Gasteiger partial charge on any atom is -0.384 e. The first-order valence-electron chi connectivity index (χ1n) is 11.1. The van der Waals surface area contributed by atoms with Gasteiger partial charge in [0.05, 0.1) is 29.3 Å². The van der Waals surface area contributed by atoms with E-state index >= 15 is 0 Å². The van der Waals surface area contributed by atoms with Crippen molar-refractivity contribution in [2.24, 2.45) is 4.99 Å². The Bertz CT molecular complexity index is 1440. The van der Waals surface area contributed by atoms with Gasteiger partial charge in [-0.3, -0.25) is 5.32 Å². The quantitative estimate of drug-likeness (QED) is 0.388. The number of hydrogen-bond acceptors (Lipinski definition) is 7. The molecule has 0 radical (unpaired) electrons. The molecule has 2 amide bonds. The molecule has 1 aliphatic rings. The lowest BCUT2D eigenvalue weighted by atomic mass is 9.95.